The Morgan fingerprint density at radius 1 is 0.767 bits per heavy atom. The molecule has 0 bridgehead atoms. The van der Waals surface area contributed by atoms with Crippen LogP contribution in [0.1, 0.15) is 22.4 Å². The molecule has 0 radical (unpaired) electrons. The Hall–Kier alpha value is -3.71. The van der Waals surface area contributed by atoms with E-state index in [0.717, 1.165) is 35.4 Å². The number of rotatable bonds is 4. The Morgan fingerprint density at radius 3 is 2.17 bits per heavy atom. The summed E-state index contributed by atoms with van der Waals surface area (Å²) in [7, 11) is 1.63. The molecular weight excluding hydrogens is 380 g/mol. The number of benzene rings is 3. The molecule has 3 aromatic carbocycles. The highest BCUT2D eigenvalue weighted by Crippen LogP contribution is 2.20. The first-order valence-corrected chi connectivity index (χ1v) is 9.59. The fourth-order valence-corrected chi connectivity index (χ4v) is 3.17. The Kier molecular flexibility index (Phi) is 5.72. The van der Waals surface area contributed by atoms with Gasteiger partial charge in [0.1, 0.15) is 5.75 Å². The Bertz CT molecular complexity index is 1240. The first-order valence-electron chi connectivity index (χ1n) is 9.59. The van der Waals surface area contributed by atoms with E-state index in [1.54, 1.807) is 25.4 Å². The van der Waals surface area contributed by atoms with Crippen molar-refractivity contribution in [1.29, 1.82) is 0 Å². The molecule has 30 heavy (non-hydrogen) atoms. The van der Waals surface area contributed by atoms with Crippen LogP contribution in [0.4, 0.5) is 8.78 Å². The van der Waals surface area contributed by atoms with Crippen molar-refractivity contribution in [3.63, 3.8) is 0 Å². The van der Waals surface area contributed by atoms with Crippen LogP contribution in [0.25, 0.3) is 10.8 Å². The van der Waals surface area contributed by atoms with Crippen molar-refractivity contribution in [2.75, 3.05) is 7.11 Å². The van der Waals surface area contributed by atoms with Crippen LogP contribution >= 0.6 is 0 Å². The number of hydrogen-bond donors (Lipinski definition) is 0. The van der Waals surface area contributed by atoms with Crippen LogP contribution in [0, 0.1) is 23.5 Å². The van der Waals surface area contributed by atoms with E-state index >= 15 is 0 Å². The molecule has 4 heteroatoms. The molecule has 0 saturated carbocycles. The number of ether oxygens (including phenoxy) is 1. The van der Waals surface area contributed by atoms with Crippen LogP contribution in [0.15, 0.2) is 72.9 Å². The second-order valence-electron chi connectivity index (χ2n) is 6.96. The van der Waals surface area contributed by atoms with Crippen molar-refractivity contribution in [2.45, 2.75) is 12.8 Å². The molecule has 4 aromatic rings. The normalized spacial score (nSPS) is 10.5. The second-order valence-corrected chi connectivity index (χ2v) is 6.96. The molecule has 2 nitrogen and oxygen atoms in total. The van der Waals surface area contributed by atoms with Crippen LogP contribution < -0.4 is 4.74 Å². The molecule has 0 saturated heterocycles. The quantitative estimate of drug-likeness (QED) is 0.410. The van der Waals surface area contributed by atoms with Gasteiger partial charge in [0, 0.05) is 16.8 Å². The summed E-state index contributed by atoms with van der Waals surface area (Å²) in [5.74, 6) is 5.27. The van der Waals surface area contributed by atoms with Crippen molar-refractivity contribution in [3.8, 4) is 17.6 Å². The molecule has 0 spiro atoms. The minimum Gasteiger partial charge on any atom is -0.495 e. The topological polar surface area (TPSA) is 22.1 Å². The molecular formula is C26H19F2NO. The average molecular weight is 399 g/mol. The van der Waals surface area contributed by atoms with E-state index in [1.165, 1.54) is 17.7 Å². The van der Waals surface area contributed by atoms with Gasteiger partial charge in [0.15, 0.2) is 11.6 Å². The van der Waals surface area contributed by atoms with Crippen molar-refractivity contribution in [3.05, 3.63) is 107 Å². The molecule has 0 fully saturated rings. The summed E-state index contributed by atoms with van der Waals surface area (Å²) in [6.45, 7) is 0. The number of halogens is 2. The minimum atomic E-state index is -0.854. The number of fused-ring (bicyclic) bond motifs is 1. The summed E-state index contributed by atoms with van der Waals surface area (Å²) in [4.78, 5) is 4.39. The summed E-state index contributed by atoms with van der Waals surface area (Å²) in [6.07, 6.45) is 3.47. The number of pyridine rings is 1. The molecule has 0 amide bonds. The van der Waals surface area contributed by atoms with Gasteiger partial charge in [0.25, 0.3) is 0 Å². The fourth-order valence-electron chi connectivity index (χ4n) is 3.17. The molecule has 0 N–H and O–H groups in total. The van der Waals surface area contributed by atoms with E-state index in [-0.39, 0.29) is 0 Å². The number of methoxy groups -OCH3 is 1. The highest BCUT2D eigenvalue weighted by Gasteiger charge is 2.04. The standard InChI is InChI=1S/C26H19F2NO/c1-30-24-13-12-23(29-17-24)11-9-19-4-2-18(3-5-19)6-7-20-8-10-21-15-25(27)26(28)16-22(21)14-20/h2-5,8,10,12-17H,9,11H2,1H3. The first-order chi connectivity index (χ1) is 14.6. The summed E-state index contributed by atoms with van der Waals surface area (Å²) in [5, 5.41) is 1.28. The molecule has 4 rings (SSSR count). The number of aromatic nitrogens is 1. The smallest absolute Gasteiger partial charge is 0.159 e. The maximum absolute atomic E-state index is 13.5. The lowest BCUT2D eigenvalue weighted by molar-refractivity contribution is 0.412. The van der Waals surface area contributed by atoms with E-state index in [4.69, 9.17) is 4.74 Å². The highest BCUT2D eigenvalue weighted by molar-refractivity contribution is 5.84. The number of nitrogens with zero attached hydrogens (tertiary/aromatic N) is 1. The number of hydrogen-bond acceptors (Lipinski definition) is 2. The molecule has 0 atom stereocenters. The van der Waals surface area contributed by atoms with Gasteiger partial charge in [-0.05, 0) is 77.7 Å². The maximum Gasteiger partial charge on any atom is 0.159 e. The molecule has 1 aromatic heterocycles. The molecule has 1 heterocycles. The van der Waals surface area contributed by atoms with Gasteiger partial charge in [0.2, 0.25) is 0 Å². The van der Waals surface area contributed by atoms with Crippen molar-refractivity contribution < 1.29 is 13.5 Å². The SMILES string of the molecule is COc1ccc(CCc2ccc(C#Cc3ccc4cc(F)c(F)cc4c3)cc2)nc1. The van der Waals surface area contributed by atoms with Crippen LogP contribution in [0.3, 0.4) is 0 Å². The molecule has 0 unspecified atom stereocenters. The van der Waals surface area contributed by atoms with Gasteiger partial charge < -0.3 is 4.74 Å². The highest BCUT2D eigenvalue weighted by atomic mass is 19.2. The first kappa shape index (κ1) is 19.6. The van der Waals surface area contributed by atoms with E-state index in [2.05, 4.69) is 29.0 Å². The monoisotopic (exact) mass is 399 g/mol. The fraction of sp³-hybridized carbons (Fsp3) is 0.115. The summed E-state index contributed by atoms with van der Waals surface area (Å²) in [5.41, 5.74) is 3.88. The zero-order valence-electron chi connectivity index (χ0n) is 16.5. The van der Waals surface area contributed by atoms with Gasteiger partial charge in [-0.1, -0.05) is 30.0 Å². The largest absolute Gasteiger partial charge is 0.495 e. The predicted octanol–water partition coefficient (Wildman–Crippen LogP) is 5.71. The third-order valence-electron chi connectivity index (χ3n) is 4.89. The van der Waals surface area contributed by atoms with Crippen molar-refractivity contribution in [1.82, 2.24) is 4.98 Å². The third kappa shape index (κ3) is 4.64. The zero-order valence-corrected chi connectivity index (χ0v) is 16.5. The van der Waals surface area contributed by atoms with E-state index in [0.29, 0.717) is 10.8 Å². The van der Waals surface area contributed by atoms with Crippen LogP contribution in [-0.2, 0) is 12.8 Å². The average Bonchev–Trinajstić information content (AvgIpc) is 2.78. The predicted molar refractivity (Wildman–Crippen MR) is 114 cm³/mol. The van der Waals surface area contributed by atoms with Crippen LogP contribution in [0.2, 0.25) is 0 Å². The van der Waals surface area contributed by atoms with Crippen molar-refractivity contribution in [2.24, 2.45) is 0 Å². The third-order valence-corrected chi connectivity index (χ3v) is 4.89. The summed E-state index contributed by atoms with van der Waals surface area (Å²) >= 11 is 0. The molecule has 0 aliphatic rings. The van der Waals surface area contributed by atoms with Gasteiger partial charge in [-0.2, -0.15) is 0 Å². The molecule has 0 aliphatic heterocycles. The minimum absolute atomic E-state index is 0.628. The Morgan fingerprint density at radius 2 is 1.47 bits per heavy atom. The van der Waals surface area contributed by atoms with Gasteiger partial charge in [0.05, 0.1) is 13.3 Å². The lowest BCUT2D eigenvalue weighted by Gasteiger charge is -2.03. The maximum atomic E-state index is 13.5. The summed E-state index contributed by atoms with van der Waals surface area (Å²) in [6, 6.07) is 19.7. The van der Waals surface area contributed by atoms with E-state index in [9.17, 15) is 8.78 Å². The van der Waals surface area contributed by atoms with Gasteiger partial charge >= 0.3 is 0 Å². The lowest BCUT2D eigenvalue weighted by Crippen LogP contribution is -1.95. The lowest BCUT2D eigenvalue weighted by atomic mass is 10.0. The van der Waals surface area contributed by atoms with E-state index in [1.807, 2.05) is 30.3 Å². The Balaban J connectivity index is 1.43. The molecule has 148 valence electrons. The van der Waals surface area contributed by atoms with Gasteiger partial charge in [-0.3, -0.25) is 4.98 Å². The van der Waals surface area contributed by atoms with Crippen molar-refractivity contribution >= 4 is 10.8 Å². The van der Waals surface area contributed by atoms with Crippen LogP contribution in [-0.4, -0.2) is 12.1 Å². The zero-order chi connectivity index (χ0) is 20.9. The summed E-state index contributed by atoms with van der Waals surface area (Å²) < 4.78 is 31.9. The Labute approximate surface area is 174 Å². The van der Waals surface area contributed by atoms with E-state index < -0.39 is 11.6 Å². The van der Waals surface area contributed by atoms with Gasteiger partial charge in [-0.25, -0.2) is 8.78 Å². The van der Waals surface area contributed by atoms with Gasteiger partial charge in [-0.15, -0.1) is 0 Å². The second kappa shape index (κ2) is 8.75. The molecule has 0 aliphatic carbocycles. The number of aryl methyl sites for hydroxylation is 2. The van der Waals surface area contributed by atoms with Crippen LogP contribution in [0.5, 0.6) is 5.75 Å².